The number of carbonyl (C=O) groups is 1. The van der Waals surface area contributed by atoms with Crippen LogP contribution in [0.1, 0.15) is 57.0 Å². The smallest absolute Gasteiger partial charge is 0.251 e. The van der Waals surface area contributed by atoms with Gasteiger partial charge in [-0.3, -0.25) is 9.10 Å². The monoisotopic (exact) mass is 512 g/mol. The maximum Gasteiger partial charge on any atom is 0.251 e. The van der Waals surface area contributed by atoms with Gasteiger partial charge < -0.3 is 5.32 Å². The van der Waals surface area contributed by atoms with E-state index in [0.717, 1.165) is 17.0 Å². The van der Waals surface area contributed by atoms with Crippen molar-refractivity contribution >= 4 is 37.5 Å². The highest BCUT2D eigenvalue weighted by Gasteiger charge is 2.27. The van der Waals surface area contributed by atoms with Crippen molar-refractivity contribution in [3.05, 3.63) is 63.9 Å². The molecule has 2 aromatic carbocycles. The van der Waals surface area contributed by atoms with Crippen molar-refractivity contribution in [3.63, 3.8) is 0 Å². The summed E-state index contributed by atoms with van der Waals surface area (Å²) < 4.78 is 40.5. The quantitative estimate of drug-likeness (QED) is 0.532. The Hall–Kier alpha value is -1.93. The molecule has 0 saturated carbocycles. The van der Waals surface area contributed by atoms with Crippen molar-refractivity contribution in [1.82, 2.24) is 5.32 Å². The second kappa shape index (κ2) is 9.28. The zero-order valence-corrected chi connectivity index (χ0v) is 21.2. The van der Waals surface area contributed by atoms with Crippen molar-refractivity contribution in [3.8, 4) is 0 Å². The summed E-state index contributed by atoms with van der Waals surface area (Å²) in [6, 6.07) is 10.9. The Morgan fingerprint density at radius 2 is 1.65 bits per heavy atom. The molecule has 0 heterocycles. The summed E-state index contributed by atoms with van der Waals surface area (Å²) in [5.41, 5.74) is 0.777. The first-order chi connectivity index (χ1) is 14.1. The molecule has 5 nitrogen and oxygen atoms in total. The van der Waals surface area contributed by atoms with Gasteiger partial charge >= 0.3 is 0 Å². The summed E-state index contributed by atoms with van der Waals surface area (Å²) in [5.74, 6) is -0.836. The molecule has 0 bridgehead atoms. The van der Waals surface area contributed by atoms with E-state index in [1.54, 1.807) is 30.3 Å². The lowest BCUT2D eigenvalue weighted by Gasteiger charge is -2.33. The van der Waals surface area contributed by atoms with E-state index in [9.17, 15) is 17.6 Å². The highest BCUT2D eigenvalue weighted by molar-refractivity contribution is 9.10. The highest BCUT2D eigenvalue weighted by atomic mass is 79.9. The van der Waals surface area contributed by atoms with Gasteiger partial charge in [-0.15, -0.1) is 0 Å². The molecule has 2 aromatic rings. The molecule has 1 N–H and O–H groups in total. The summed E-state index contributed by atoms with van der Waals surface area (Å²) in [6.07, 6.45) is 1.85. The van der Waals surface area contributed by atoms with E-state index in [0.29, 0.717) is 15.6 Å². The first-order valence-corrected chi connectivity index (χ1v) is 12.6. The lowest BCUT2D eigenvalue weighted by atomic mass is 9.81. The lowest BCUT2D eigenvalue weighted by molar-refractivity contribution is 0.0891. The largest absolute Gasteiger partial charge is 0.347 e. The first-order valence-electron chi connectivity index (χ1n) is 9.92. The van der Waals surface area contributed by atoms with Gasteiger partial charge in [0, 0.05) is 15.6 Å². The third kappa shape index (κ3) is 7.61. The van der Waals surface area contributed by atoms with Crippen LogP contribution in [0, 0.1) is 11.2 Å². The van der Waals surface area contributed by atoms with Gasteiger partial charge in [0.15, 0.2) is 0 Å². The van der Waals surface area contributed by atoms with Crippen LogP contribution in [0.5, 0.6) is 0 Å². The van der Waals surface area contributed by atoms with Crippen LogP contribution in [-0.4, -0.2) is 26.1 Å². The summed E-state index contributed by atoms with van der Waals surface area (Å²) in [5, 5.41) is 3.05. The number of carbonyl (C=O) groups excluding carboxylic acids is 1. The van der Waals surface area contributed by atoms with Gasteiger partial charge in [-0.1, -0.05) is 48.8 Å². The van der Waals surface area contributed by atoms with E-state index in [4.69, 9.17) is 0 Å². The number of rotatable bonds is 7. The minimum atomic E-state index is -3.72. The van der Waals surface area contributed by atoms with Gasteiger partial charge in [0.25, 0.3) is 5.91 Å². The average Bonchev–Trinajstić information content (AvgIpc) is 2.57. The fourth-order valence-electron chi connectivity index (χ4n) is 3.74. The minimum Gasteiger partial charge on any atom is -0.347 e. The number of nitrogens with one attached hydrogen (secondary N) is 1. The van der Waals surface area contributed by atoms with E-state index in [1.807, 2.05) is 13.8 Å². The molecule has 8 heteroatoms. The molecule has 31 heavy (non-hydrogen) atoms. The Morgan fingerprint density at radius 1 is 1.06 bits per heavy atom. The van der Waals surface area contributed by atoms with Crippen molar-refractivity contribution < 1.29 is 17.6 Å². The third-order valence-electron chi connectivity index (χ3n) is 4.55. The molecule has 0 unspecified atom stereocenters. The predicted molar refractivity (Wildman–Crippen MR) is 127 cm³/mol. The van der Waals surface area contributed by atoms with E-state index in [-0.39, 0.29) is 29.1 Å². The van der Waals surface area contributed by atoms with Crippen molar-refractivity contribution in [2.75, 3.05) is 10.6 Å². The average molecular weight is 513 g/mol. The zero-order valence-electron chi connectivity index (χ0n) is 18.8. The first kappa shape index (κ1) is 25.3. The number of nitrogens with zero attached hydrogens (tertiary/aromatic N) is 1. The number of hydrogen-bond donors (Lipinski definition) is 1. The summed E-state index contributed by atoms with van der Waals surface area (Å²) in [6.45, 7) is 10.3. The van der Waals surface area contributed by atoms with E-state index in [1.165, 1.54) is 12.1 Å². The number of sulfonamides is 1. The molecule has 0 fully saturated rings. The SMILES string of the molecule is CC(C)(C)CC(C)(C)NC(=O)c1ccc(CN(c2ccc(Br)cc2F)S(C)(=O)=O)cc1. The zero-order chi connectivity index (χ0) is 23.6. The molecule has 0 radical (unpaired) electrons. The van der Waals surface area contributed by atoms with Gasteiger partial charge in [0.2, 0.25) is 10.0 Å². The normalized spacial score (nSPS) is 12.5. The molecule has 2 rings (SSSR count). The molecule has 170 valence electrons. The van der Waals surface area contributed by atoms with Gasteiger partial charge in [-0.25, -0.2) is 12.8 Å². The minimum absolute atomic E-state index is 0.0311. The lowest BCUT2D eigenvalue weighted by Crippen LogP contribution is -2.45. The van der Waals surface area contributed by atoms with E-state index >= 15 is 0 Å². The molecule has 0 aliphatic carbocycles. The highest BCUT2D eigenvalue weighted by Crippen LogP contribution is 2.28. The Kier molecular flexibility index (Phi) is 7.59. The maximum atomic E-state index is 14.4. The molecule has 0 atom stereocenters. The molecular formula is C23H30BrFN2O3S. The second-order valence-electron chi connectivity index (χ2n) is 9.64. The van der Waals surface area contributed by atoms with Crippen LogP contribution in [-0.2, 0) is 16.6 Å². The second-order valence-corrected chi connectivity index (χ2v) is 12.5. The van der Waals surface area contributed by atoms with Crippen LogP contribution in [0.25, 0.3) is 0 Å². The number of benzene rings is 2. The fraction of sp³-hybridized carbons (Fsp3) is 0.435. The number of halogens is 2. The van der Waals surface area contributed by atoms with Crippen LogP contribution < -0.4 is 9.62 Å². The van der Waals surface area contributed by atoms with Gasteiger partial charge in [0.1, 0.15) is 5.82 Å². The van der Waals surface area contributed by atoms with Gasteiger partial charge in [-0.2, -0.15) is 0 Å². The van der Waals surface area contributed by atoms with Crippen LogP contribution in [0.4, 0.5) is 10.1 Å². The Balaban J connectivity index is 2.20. The van der Waals surface area contributed by atoms with E-state index < -0.39 is 15.8 Å². The van der Waals surface area contributed by atoms with E-state index in [2.05, 4.69) is 42.0 Å². The maximum absolute atomic E-state index is 14.4. The van der Waals surface area contributed by atoms with Crippen LogP contribution in [0.15, 0.2) is 46.9 Å². The van der Waals surface area contributed by atoms with Gasteiger partial charge in [0.05, 0.1) is 18.5 Å². The van der Waals surface area contributed by atoms with Gasteiger partial charge in [-0.05, 0) is 61.6 Å². The Bertz CT molecular complexity index is 1050. The molecule has 0 spiro atoms. The molecule has 0 aliphatic heterocycles. The third-order valence-corrected chi connectivity index (χ3v) is 6.16. The summed E-state index contributed by atoms with van der Waals surface area (Å²) >= 11 is 3.17. The molecule has 0 aliphatic rings. The van der Waals surface area contributed by atoms with Crippen molar-refractivity contribution in [2.45, 2.75) is 53.1 Å². The molecule has 0 saturated heterocycles. The number of hydrogen-bond acceptors (Lipinski definition) is 3. The van der Waals surface area contributed by atoms with Crippen LogP contribution >= 0.6 is 15.9 Å². The van der Waals surface area contributed by atoms with Crippen LogP contribution in [0.3, 0.4) is 0 Å². The fourth-order valence-corrected chi connectivity index (χ4v) is 4.96. The molecule has 1 amide bonds. The van der Waals surface area contributed by atoms with Crippen molar-refractivity contribution in [2.24, 2.45) is 5.41 Å². The molecule has 0 aromatic heterocycles. The topological polar surface area (TPSA) is 66.5 Å². The summed E-state index contributed by atoms with van der Waals surface area (Å²) in [4.78, 5) is 12.7. The van der Waals surface area contributed by atoms with Crippen LogP contribution in [0.2, 0.25) is 0 Å². The standard InChI is InChI=1S/C23H30BrFN2O3S/c1-22(2,3)15-23(4,5)26-21(28)17-9-7-16(8-10-17)14-27(31(6,29)30)20-12-11-18(24)13-19(20)25/h7-13H,14-15H2,1-6H3,(H,26,28). The Morgan fingerprint density at radius 3 is 2.13 bits per heavy atom. The molecular weight excluding hydrogens is 483 g/mol. The Labute approximate surface area is 193 Å². The predicted octanol–water partition coefficient (Wildman–Crippen LogP) is 5.50. The van der Waals surface area contributed by atoms with Crippen molar-refractivity contribution in [1.29, 1.82) is 0 Å². The summed E-state index contributed by atoms with van der Waals surface area (Å²) in [7, 11) is -3.72. The number of anilines is 1. The number of amides is 1.